The highest BCUT2D eigenvalue weighted by Crippen LogP contribution is 2.26. The lowest BCUT2D eigenvalue weighted by Crippen LogP contribution is -2.50. The summed E-state index contributed by atoms with van der Waals surface area (Å²) >= 11 is 3.48. The van der Waals surface area contributed by atoms with E-state index in [-0.39, 0.29) is 30.1 Å². The second-order valence-corrected chi connectivity index (χ2v) is 9.30. The van der Waals surface area contributed by atoms with Gasteiger partial charge in [-0.2, -0.15) is 0 Å². The molecule has 3 aromatic rings. The van der Waals surface area contributed by atoms with Crippen molar-refractivity contribution in [1.82, 2.24) is 14.8 Å². The predicted molar refractivity (Wildman–Crippen MR) is 132 cm³/mol. The zero-order valence-electron chi connectivity index (χ0n) is 18.3. The van der Waals surface area contributed by atoms with Crippen molar-refractivity contribution in [3.63, 3.8) is 0 Å². The quantitative estimate of drug-likeness (QED) is 0.445. The number of fused-ring (bicyclic) bond motifs is 1. The van der Waals surface area contributed by atoms with Gasteiger partial charge in [-0.05, 0) is 36.3 Å². The molecule has 1 aliphatic rings. The predicted octanol–water partition coefficient (Wildman–Crippen LogP) is 3.98. The summed E-state index contributed by atoms with van der Waals surface area (Å²) in [4.78, 5) is 39.0. The lowest BCUT2D eigenvalue weighted by Gasteiger charge is -2.38. The number of rotatable bonds is 9. The number of benzene rings is 2. The second-order valence-electron chi connectivity index (χ2n) is 8.38. The molecule has 0 radical (unpaired) electrons. The van der Waals surface area contributed by atoms with E-state index in [0.717, 1.165) is 27.4 Å². The molecule has 2 aromatic carbocycles. The van der Waals surface area contributed by atoms with Gasteiger partial charge in [0.05, 0.1) is 12.1 Å². The summed E-state index contributed by atoms with van der Waals surface area (Å²) in [5.41, 5.74) is 2.56. The van der Waals surface area contributed by atoms with E-state index >= 15 is 0 Å². The van der Waals surface area contributed by atoms with Gasteiger partial charge >= 0.3 is 0 Å². The van der Waals surface area contributed by atoms with Gasteiger partial charge in [-0.25, -0.2) is 0 Å². The second kappa shape index (κ2) is 10.2. The first-order valence-electron chi connectivity index (χ1n) is 11.0. The summed E-state index contributed by atoms with van der Waals surface area (Å²) in [6.45, 7) is 5.40. The summed E-state index contributed by atoms with van der Waals surface area (Å²) in [5, 5.41) is 3.81. The first-order valence-corrected chi connectivity index (χ1v) is 11.8. The van der Waals surface area contributed by atoms with Crippen molar-refractivity contribution in [3.8, 4) is 0 Å². The SMILES string of the molecule is C=CC(=O)N1CC(CC(=O)Cn2cc(C(=O)NCCc3ccccc3)c3cc(Br)ccc32)C1. The van der Waals surface area contributed by atoms with Crippen molar-refractivity contribution in [2.24, 2.45) is 5.92 Å². The van der Waals surface area contributed by atoms with Crippen LogP contribution in [0.25, 0.3) is 10.9 Å². The highest BCUT2D eigenvalue weighted by atomic mass is 79.9. The van der Waals surface area contributed by atoms with Crippen LogP contribution >= 0.6 is 15.9 Å². The lowest BCUT2D eigenvalue weighted by atomic mass is 9.94. The minimum absolute atomic E-state index is 0.0848. The fourth-order valence-corrected chi connectivity index (χ4v) is 4.59. The zero-order chi connectivity index (χ0) is 23.4. The number of nitrogens with zero attached hydrogens (tertiary/aromatic N) is 2. The largest absolute Gasteiger partial charge is 0.352 e. The molecule has 0 atom stereocenters. The Balaban J connectivity index is 1.42. The van der Waals surface area contributed by atoms with Crippen LogP contribution < -0.4 is 5.32 Å². The fraction of sp³-hybridized carbons (Fsp3) is 0.269. The molecule has 1 fully saturated rings. The molecule has 0 unspecified atom stereocenters. The van der Waals surface area contributed by atoms with E-state index in [1.807, 2.05) is 53.1 Å². The van der Waals surface area contributed by atoms with Gasteiger partial charge in [-0.3, -0.25) is 14.4 Å². The van der Waals surface area contributed by atoms with Gasteiger partial charge in [0.15, 0.2) is 5.78 Å². The molecule has 0 aliphatic carbocycles. The van der Waals surface area contributed by atoms with E-state index in [0.29, 0.717) is 31.6 Å². The van der Waals surface area contributed by atoms with Gasteiger partial charge in [-0.1, -0.05) is 52.8 Å². The van der Waals surface area contributed by atoms with Crippen LogP contribution in [0.5, 0.6) is 0 Å². The molecular formula is C26H26BrN3O3. The Morgan fingerprint density at radius 1 is 1.12 bits per heavy atom. The van der Waals surface area contributed by atoms with Crippen LogP contribution in [0.3, 0.4) is 0 Å². The van der Waals surface area contributed by atoms with Crippen LogP contribution in [0, 0.1) is 5.92 Å². The maximum Gasteiger partial charge on any atom is 0.253 e. The summed E-state index contributed by atoms with van der Waals surface area (Å²) in [6, 6.07) is 15.7. The average molecular weight is 508 g/mol. The third-order valence-electron chi connectivity index (χ3n) is 5.94. The van der Waals surface area contributed by atoms with Crippen molar-refractivity contribution in [2.45, 2.75) is 19.4 Å². The minimum atomic E-state index is -0.155. The first kappa shape index (κ1) is 23.0. The lowest BCUT2D eigenvalue weighted by molar-refractivity contribution is -0.134. The molecule has 2 amide bonds. The highest BCUT2D eigenvalue weighted by Gasteiger charge is 2.30. The molecule has 6 nitrogen and oxygen atoms in total. The number of hydrogen-bond acceptors (Lipinski definition) is 3. The van der Waals surface area contributed by atoms with E-state index in [2.05, 4.69) is 27.8 Å². The van der Waals surface area contributed by atoms with Gasteiger partial charge in [0, 0.05) is 53.5 Å². The Morgan fingerprint density at radius 3 is 2.61 bits per heavy atom. The molecule has 4 rings (SSSR count). The molecule has 0 bridgehead atoms. The van der Waals surface area contributed by atoms with Crippen LogP contribution in [0.2, 0.25) is 0 Å². The summed E-state index contributed by atoms with van der Waals surface area (Å²) in [5.74, 6) is 0.0149. The van der Waals surface area contributed by atoms with Gasteiger partial charge in [0.1, 0.15) is 0 Å². The van der Waals surface area contributed by atoms with Gasteiger partial charge < -0.3 is 14.8 Å². The summed E-state index contributed by atoms with van der Waals surface area (Å²) in [6.07, 6.45) is 4.23. The van der Waals surface area contributed by atoms with E-state index in [1.165, 1.54) is 6.08 Å². The number of nitrogens with one attached hydrogen (secondary N) is 1. The van der Waals surface area contributed by atoms with Crippen molar-refractivity contribution in [2.75, 3.05) is 19.6 Å². The highest BCUT2D eigenvalue weighted by molar-refractivity contribution is 9.10. The number of carbonyl (C=O) groups excluding carboxylic acids is 3. The molecule has 7 heteroatoms. The fourth-order valence-electron chi connectivity index (χ4n) is 4.23. The molecule has 0 saturated carbocycles. The van der Waals surface area contributed by atoms with Crippen molar-refractivity contribution in [1.29, 1.82) is 0 Å². The van der Waals surface area contributed by atoms with Crippen molar-refractivity contribution >= 4 is 44.4 Å². The van der Waals surface area contributed by atoms with Crippen LogP contribution in [-0.2, 0) is 22.6 Å². The van der Waals surface area contributed by atoms with Crippen LogP contribution in [0.1, 0.15) is 22.3 Å². The summed E-state index contributed by atoms with van der Waals surface area (Å²) < 4.78 is 2.72. The number of likely N-dealkylation sites (tertiary alicyclic amines) is 1. The maximum absolute atomic E-state index is 13.0. The normalized spacial score (nSPS) is 13.5. The van der Waals surface area contributed by atoms with E-state index in [9.17, 15) is 14.4 Å². The third-order valence-corrected chi connectivity index (χ3v) is 6.43. The van der Waals surface area contributed by atoms with Gasteiger partial charge in [-0.15, -0.1) is 0 Å². The van der Waals surface area contributed by atoms with Gasteiger partial charge in [0.25, 0.3) is 5.91 Å². The van der Waals surface area contributed by atoms with Gasteiger partial charge in [0.2, 0.25) is 5.91 Å². The molecule has 1 aliphatic heterocycles. The first-order chi connectivity index (χ1) is 15.9. The molecule has 33 heavy (non-hydrogen) atoms. The Bertz CT molecular complexity index is 1200. The maximum atomic E-state index is 13.0. The van der Waals surface area contributed by atoms with Crippen LogP contribution in [0.4, 0.5) is 0 Å². The van der Waals surface area contributed by atoms with Crippen molar-refractivity contribution in [3.05, 3.63) is 83.0 Å². The Morgan fingerprint density at radius 2 is 1.88 bits per heavy atom. The molecule has 1 N–H and O–H groups in total. The Labute approximate surface area is 201 Å². The smallest absolute Gasteiger partial charge is 0.253 e. The number of ketones is 1. The zero-order valence-corrected chi connectivity index (χ0v) is 19.9. The van der Waals surface area contributed by atoms with E-state index in [1.54, 1.807) is 11.1 Å². The molecule has 1 aromatic heterocycles. The molecular weight excluding hydrogens is 482 g/mol. The molecule has 1 saturated heterocycles. The number of aromatic nitrogens is 1. The molecule has 0 spiro atoms. The number of amides is 2. The van der Waals surface area contributed by atoms with Crippen molar-refractivity contribution < 1.29 is 14.4 Å². The van der Waals surface area contributed by atoms with Crippen LogP contribution in [0.15, 0.2) is 71.9 Å². The monoisotopic (exact) mass is 507 g/mol. The molecule has 170 valence electrons. The van der Waals surface area contributed by atoms with E-state index < -0.39 is 0 Å². The number of carbonyl (C=O) groups is 3. The van der Waals surface area contributed by atoms with E-state index in [4.69, 9.17) is 0 Å². The Kier molecular flexibility index (Phi) is 7.08. The minimum Gasteiger partial charge on any atom is -0.352 e. The number of Topliss-reactive ketones (excluding diaryl/α,β-unsaturated/α-hetero) is 1. The summed E-state index contributed by atoms with van der Waals surface area (Å²) in [7, 11) is 0. The molecule has 2 heterocycles. The average Bonchev–Trinajstić information content (AvgIpc) is 3.13. The number of halogens is 1. The Hall–Kier alpha value is -3.19. The number of hydrogen-bond donors (Lipinski definition) is 1. The third kappa shape index (κ3) is 5.42. The topological polar surface area (TPSA) is 71.4 Å². The van der Waals surface area contributed by atoms with Crippen LogP contribution in [-0.4, -0.2) is 46.7 Å². The standard InChI is InChI=1S/C26H26BrN3O3/c1-2-25(32)30-14-19(15-30)12-21(31)16-29-17-23(22-13-20(27)8-9-24(22)29)26(33)28-11-10-18-6-4-3-5-7-18/h2-9,13,17,19H,1,10-12,14-16H2,(H,28,33).